The molecule has 30 heavy (non-hydrogen) atoms. The zero-order chi connectivity index (χ0) is 21.8. The predicted molar refractivity (Wildman–Crippen MR) is 108 cm³/mol. The highest BCUT2D eigenvalue weighted by atomic mass is 19.4. The number of benzene rings is 1. The third-order valence-electron chi connectivity index (χ3n) is 6.69. The summed E-state index contributed by atoms with van der Waals surface area (Å²) in [4.78, 5) is 4.95. The maximum absolute atomic E-state index is 12.9. The van der Waals surface area contributed by atoms with Crippen LogP contribution in [0.4, 0.5) is 13.2 Å². The van der Waals surface area contributed by atoms with Crippen LogP contribution in [0.5, 0.6) is 0 Å². The van der Waals surface area contributed by atoms with Gasteiger partial charge in [-0.2, -0.15) is 13.2 Å². The monoisotopic (exact) mass is 419 g/mol. The largest absolute Gasteiger partial charge is 0.416 e. The fourth-order valence-corrected chi connectivity index (χ4v) is 4.91. The summed E-state index contributed by atoms with van der Waals surface area (Å²) < 4.78 is 38.8. The molecule has 4 rings (SSSR count). The van der Waals surface area contributed by atoms with E-state index in [0.29, 0.717) is 17.5 Å². The van der Waals surface area contributed by atoms with Gasteiger partial charge in [0.15, 0.2) is 0 Å². The summed E-state index contributed by atoms with van der Waals surface area (Å²) in [5.74, 6) is 0.246. The first kappa shape index (κ1) is 21.3. The Kier molecular flexibility index (Phi) is 5.22. The third-order valence-corrected chi connectivity index (χ3v) is 6.69. The fourth-order valence-electron chi connectivity index (χ4n) is 4.91. The van der Waals surface area contributed by atoms with E-state index < -0.39 is 23.9 Å². The normalized spacial score (nSPS) is 22.3. The van der Waals surface area contributed by atoms with Crippen molar-refractivity contribution in [3.63, 3.8) is 0 Å². The van der Waals surface area contributed by atoms with Crippen LogP contribution in [0, 0.1) is 12.3 Å². The van der Waals surface area contributed by atoms with Crippen molar-refractivity contribution in [2.45, 2.75) is 77.2 Å². The van der Waals surface area contributed by atoms with Crippen LogP contribution in [0.3, 0.4) is 0 Å². The summed E-state index contributed by atoms with van der Waals surface area (Å²) in [5.41, 5.74) is 3.58. The summed E-state index contributed by atoms with van der Waals surface area (Å²) in [6.07, 6.45) is -1.70. The van der Waals surface area contributed by atoms with E-state index in [1.807, 2.05) is 6.92 Å². The molecule has 0 spiro atoms. The maximum Gasteiger partial charge on any atom is 0.416 e. The Morgan fingerprint density at radius 1 is 1.13 bits per heavy atom. The Labute approximate surface area is 175 Å². The van der Waals surface area contributed by atoms with Crippen LogP contribution >= 0.6 is 0 Å². The van der Waals surface area contributed by atoms with E-state index in [-0.39, 0.29) is 11.3 Å². The van der Waals surface area contributed by atoms with E-state index in [1.165, 1.54) is 12.1 Å². The summed E-state index contributed by atoms with van der Waals surface area (Å²) >= 11 is 0. The van der Waals surface area contributed by atoms with E-state index in [9.17, 15) is 23.4 Å². The highest BCUT2D eigenvalue weighted by molar-refractivity contribution is 5.48. The Morgan fingerprint density at radius 3 is 2.30 bits per heavy atom. The Morgan fingerprint density at radius 2 is 1.77 bits per heavy atom. The number of rotatable bonds is 3. The van der Waals surface area contributed by atoms with Crippen molar-refractivity contribution in [1.82, 2.24) is 4.98 Å². The van der Waals surface area contributed by atoms with Gasteiger partial charge in [-0.1, -0.05) is 32.4 Å². The molecule has 162 valence electrons. The molecule has 1 fully saturated rings. The van der Waals surface area contributed by atoms with Gasteiger partial charge in [0.05, 0.1) is 17.4 Å². The lowest BCUT2D eigenvalue weighted by Crippen LogP contribution is -2.30. The Bertz CT molecular complexity index is 946. The van der Waals surface area contributed by atoms with Crippen molar-refractivity contribution in [2.75, 3.05) is 0 Å². The van der Waals surface area contributed by atoms with Crippen molar-refractivity contribution in [3.8, 4) is 0 Å². The second-order valence-electron chi connectivity index (χ2n) is 9.61. The van der Waals surface area contributed by atoms with Gasteiger partial charge in [0, 0.05) is 22.7 Å². The summed E-state index contributed by atoms with van der Waals surface area (Å²) in [6.45, 7) is 6.13. The van der Waals surface area contributed by atoms with E-state index in [4.69, 9.17) is 4.98 Å². The molecule has 2 aliphatic rings. The number of aliphatic hydroxyl groups excluding tert-OH is 2. The zero-order valence-corrected chi connectivity index (χ0v) is 17.6. The number of aromatic nitrogens is 1. The van der Waals surface area contributed by atoms with Gasteiger partial charge in [0.2, 0.25) is 0 Å². The molecule has 0 aliphatic heterocycles. The molecule has 1 saturated carbocycles. The summed E-state index contributed by atoms with van der Waals surface area (Å²) in [7, 11) is 0. The molecule has 0 radical (unpaired) electrons. The number of fused-ring (bicyclic) bond motifs is 1. The van der Waals surface area contributed by atoms with Crippen LogP contribution < -0.4 is 0 Å². The maximum atomic E-state index is 12.9. The van der Waals surface area contributed by atoms with E-state index in [2.05, 4.69) is 13.8 Å². The quantitative estimate of drug-likeness (QED) is 0.665. The first-order valence-corrected chi connectivity index (χ1v) is 10.5. The van der Waals surface area contributed by atoms with Crippen molar-refractivity contribution in [2.24, 2.45) is 5.41 Å². The standard InChI is InChI=1S/C24H28F3NO2/c1-13-19-17(11-23(2,3)12-18(19)29)28-21(14-5-4-6-14)20(13)22(30)15-7-9-16(10-8-15)24(25,26)27/h7-10,14,18,22,29-30H,4-6,11-12H2,1-3H3/t18?,22-/m0/s1. The second-order valence-corrected chi connectivity index (χ2v) is 9.61. The Hall–Kier alpha value is -1.92. The van der Waals surface area contributed by atoms with E-state index in [0.717, 1.165) is 60.3 Å². The molecule has 2 N–H and O–H groups in total. The highest BCUT2D eigenvalue weighted by Gasteiger charge is 2.38. The van der Waals surface area contributed by atoms with Crippen molar-refractivity contribution < 1.29 is 23.4 Å². The molecule has 2 aliphatic carbocycles. The van der Waals surface area contributed by atoms with Crippen molar-refractivity contribution in [1.29, 1.82) is 0 Å². The zero-order valence-electron chi connectivity index (χ0n) is 17.6. The lowest BCUT2D eigenvalue weighted by atomic mass is 9.71. The first-order chi connectivity index (χ1) is 14.0. The molecular formula is C24H28F3NO2. The molecular weight excluding hydrogens is 391 g/mol. The minimum atomic E-state index is -4.42. The molecule has 0 saturated heterocycles. The molecule has 1 aromatic heterocycles. The predicted octanol–water partition coefficient (Wildman–Crippen LogP) is 5.76. The van der Waals surface area contributed by atoms with Crippen LogP contribution in [0.15, 0.2) is 24.3 Å². The molecule has 2 aromatic rings. The number of pyridine rings is 1. The van der Waals surface area contributed by atoms with Gasteiger partial charge in [0.1, 0.15) is 6.10 Å². The van der Waals surface area contributed by atoms with E-state index >= 15 is 0 Å². The van der Waals surface area contributed by atoms with Crippen LogP contribution in [0.1, 0.15) is 96.9 Å². The third kappa shape index (κ3) is 3.76. The second kappa shape index (κ2) is 7.34. The molecule has 2 atom stereocenters. The first-order valence-electron chi connectivity index (χ1n) is 10.5. The lowest BCUT2D eigenvalue weighted by Gasteiger charge is -2.38. The minimum absolute atomic E-state index is 0.0592. The van der Waals surface area contributed by atoms with Gasteiger partial charge >= 0.3 is 6.18 Å². The fraction of sp³-hybridized carbons (Fsp3) is 0.542. The summed E-state index contributed by atoms with van der Waals surface area (Å²) in [5, 5.41) is 22.0. The molecule has 1 aromatic carbocycles. The molecule has 0 amide bonds. The molecule has 0 bridgehead atoms. The number of alkyl halides is 3. The van der Waals surface area contributed by atoms with Gasteiger partial charge in [-0.3, -0.25) is 4.98 Å². The van der Waals surface area contributed by atoms with Crippen LogP contribution in [-0.4, -0.2) is 15.2 Å². The van der Waals surface area contributed by atoms with Gasteiger partial charge < -0.3 is 10.2 Å². The Balaban J connectivity index is 1.81. The average Bonchev–Trinajstić information content (AvgIpc) is 2.57. The number of aliphatic hydroxyl groups is 2. The number of halogens is 3. The topological polar surface area (TPSA) is 53.4 Å². The highest BCUT2D eigenvalue weighted by Crippen LogP contribution is 2.47. The van der Waals surface area contributed by atoms with Gasteiger partial charge in [-0.05, 0) is 61.3 Å². The van der Waals surface area contributed by atoms with Crippen LogP contribution in [-0.2, 0) is 12.6 Å². The van der Waals surface area contributed by atoms with Crippen molar-refractivity contribution in [3.05, 3.63) is 63.5 Å². The molecule has 3 nitrogen and oxygen atoms in total. The van der Waals surface area contributed by atoms with Gasteiger partial charge in [0.25, 0.3) is 0 Å². The van der Waals surface area contributed by atoms with Gasteiger partial charge in [-0.25, -0.2) is 0 Å². The van der Waals surface area contributed by atoms with E-state index in [1.54, 1.807) is 0 Å². The summed E-state index contributed by atoms with van der Waals surface area (Å²) in [6, 6.07) is 4.66. The molecule has 6 heteroatoms. The number of hydrogen-bond donors (Lipinski definition) is 2. The van der Waals surface area contributed by atoms with Crippen LogP contribution in [0.25, 0.3) is 0 Å². The minimum Gasteiger partial charge on any atom is -0.388 e. The molecule has 1 unspecified atom stereocenters. The number of nitrogens with zero attached hydrogens (tertiary/aromatic N) is 1. The smallest absolute Gasteiger partial charge is 0.388 e. The van der Waals surface area contributed by atoms with Crippen molar-refractivity contribution >= 4 is 0 Å². The number of hydrogen-bond acceptors (Lipinski definition) is 3. The SMILES string of the molecule is Cc1c2c(nc(C3CCC3)c1[C@@H](O)c1ccc(C(F)(F)F)cc1)CC(C)(C)CC2O. The van der Waals surface area contributed by atoms with Crippen LogP contribution in [0.2, 0.25) is 0 Å². The lowest BCUT2D eigenvalue weighted by molar-refractivity contribution is -0.137. The average molecular weight is 419 g/mol. The molecule has 1 heterocycles. The van der Waals surface area contributed by atoms with Gasteiger partial charge in [-0.15, -0.1) is 0 Å².